The highest BCUT2D eigenvalue weighted by molar-refractivity contribution is 8.00. The molecule has 3 nitrogen and oxygen atoms in total. The number of hydrogen-bond acceptors (Lipinski definition) is 3. The molecule has 76 valence electrons. The van der Waals surface area contributed by atoms with E-state index in [0.29, 0.717) is 0 Å². The summed E-state index contributed by atoms with van der Waals surface area (Å²) in [5.41, 5.74) is 1.99. The maximum Gasteiger partial charge on any atom is 0.244 e. The molecule has 0 aliphatic heterocycles. The molecule has 0 aromatic heterocycles. The number of nitrogens with two attached hydrogens (primary N) is 1. The first kappa shape index (κ1) is 11.3. The normalized spacial score (nSPS) is 9.93. The lowest BCUT2D eigenvalue weighted by Gasteiger charge is -2.01. The van der Waals surface area contributed by atoms with E-state index >= 15 is 0 Å². The molecule has 1 aromatic carbocycles. The fourth-order valence-corrected chi connectivity index (χ4v) is 1.75. The molecule has 0 unspecified atom stereocenters. The van der Waals surface area contributed by atoms with Gasteiger partial charge in [-0.3, -0.25) is 10.2 Å². The van der Waals surface area contributed by atoms with Crippen molar-refractivity contribution in [3.05, 3.63) is 29.0 Å². The Kier molecular flexibility index (Phi) is 4.19. The molecule has 0 saturated heterocycles. The standard InChI is InChI=1S/C8H8ClFN2OS/c9-6-3-5(1-2-7(6)10)14-4-8(13)12-11/h1-3H,4,11H2,(H,12,13). The number of rotatable bonds is 3. The monoisotopic (exact) mass is 234 g/mol. The Bertz CT molecular complexity index is 348. The average molecular weight is 235 g/mol. The number of halogens is 2. The lowest BCUT2D eigenvalue weighted by Crippen LogP contribution is -2.31. The van der Waals surface area contributed by atoms with Gasteiger partial charge in [0, 0.05) is 4.90 Å². The van der Waals surface area contributed by atoms with Gasteiger partial charge in [-0.25, -0.2) is 10.2 Å². The van der Waals surface area contributed by atoms with Crippen molar-refractivity contribution in [3.63, 3.8) is 0 Å². The predicted molar refractivity (Wildman–Crippen MR) is 54.5 cm³/mol. The Morgan fingerprint density at radius 3 is 2.93 bits per heavy atom. The molecule has 1 aromatic rings. The molecule has 0 spiro atoms. The maximum absolute atomic E-state index is 12.7. The minimum absolute atomic E-state index is 0.0446. The first-order valence-electron chi connectivity index (χ1n) is 3.71. The minimum Gasteiger partial charge on any atom is -0.294 e. The third-order valence-electron chi connectivity index (χ3n) is 1.42. The van der Waals surface area contributed by atoms with Crippen LogP contribution in [0.5, 0.6) is 0 Å². The summed E-state index contributed by atoms with van der Waals surface area (Å²) in [5, 5.41) is 0.0446. The van der Waals surface area contributed by atoms with Gasteiger partial charge in [0.2, 0.25) is 5.91 Å². The van der Waals surface area contributed by atoms with Gasteiger partial charge in [0.05, 0.1) is 10.8 Å². The highest BCUT2D eigenvalue weighted by Gasteiger charge is 2.03. The van der Waals surface area contributed by atoms with E-state index in [2.05, 4.69) is 0 Å². The maximum atomic E-state index is 12.7. The van der Waals surface area contributed by atoms with Crippen molar-refractivity contribution in [3.8, 4) is 0 Å². The summed E-state index contributed by atoms with van der Waals surface area (Å²) in [6.07, 6.45) is 0. The molecule has 0 fully saturated rings. The Morgan fingerprint density at radius 1 is 1.64 bits per heavy atom. The zero-order valence-electron chi connectivity index (χ0n) is 7.09. The highest BCUT2D eigenvalue weighted by atomic mass is 35.5. The zero-order valence-corrected chi connectivity index (χ0v) is 8.66. The van der Waals surface area contributed by atoms with Crippen molar-refractivity contribution in [1.82, 2.24) is 5.43 Å². The van der Waals surface area contributed by atoms with Gasteiger partial charge < -0.3 is 0 Å². The fourth-order valence-electron chi connectivity index (χ4n) is 0.757. The third-order valence-corrected chi connectivity index (χ3v) is 2.71. The van der Waals surface area contributed by atoms with Crippen LogP contribution < -0.4 is 11.3 Å². The molecule has 14 heavy (non-hydrogen) atoms. The van der Waals surface area contributed by atoms with Crippen LogP contribution in [0.1, 0.15) is 0 Å². The summed E-state index contributed by atoms with van der Waals surface area (Å²) >= 11 is 6.78. The van der Waals surface area contributed by atoms with E-state index in [0.717, 1.165) is 4.90 Å². The van der Waals surface area contributed by atoms with E-state index in [1.807, 2.05) is 5.43 Å². The van der Waals surface area contributed by atoms with Crippen molar-refractivity contribution in [2.75, 3.05) is 5.75 Å². The van der Waals surface area contributed by atoms with E-state index < -0.39 is 5.82 Å². The number of carbonyl (C=O) groups excluding carboxylic acids is 1. The van der Waals surface area contributed by atoms with Gasteiger partial charge in [-0.1, -0.05) is 11.6 Å². The average Bonchev–Trinajstić information content (AvgIpc) is 2.19. The SMILES string of the molecule is NNC(=O)CSc1ccc(F)c(Cl)c1. The molecular formula is C8H8ClFN2OS. The van der Waals surface area contributed by atoms with Crippen LogP contribution >= 0.6 is 23.4 Å². The molecule has 0 atom stereocenters. The van der Waals surface area contributed by atoms with E-state index in [9.17, 15) is 9.18 Å². The lowest BCUT2D eigenvalue weighted by molar-refractivity contribution is -0.118. The van der Waals surface area contributed by atoms with Crippen LogP contribution in [0.3, 0.4) is 0 Å². The zero-order chi connectivity index (χ0) is 10.6. The van der Waals surface area contributed by atoms with Crippen molar-refractivity contribution in [2.45, 2.75) is 4.90 Å². The highest BCUT2D eigenvalue weighted by Crippen LogP contribution is 2.23. The number of thioether (sulfide) groups is 1. The number of hydrogen-bond donors (Lipinski definition) is 2. The molecule has 6 heteroatoms. The van der Waals surface area contributed by atoms with Gasteiger partial charge in [-0.05, 0) is 18.2 Å². The topological polar surface area (TPSA) is 55.1 Å². The van der Waals surface area contributed by atoms with Gasteiger partial charge in [0.1, 0.15) is 5.82 Å². The van der Waals surface area contributed by atoms with Gasteiger partial charge in [-0.15, -0.1) is 11.8 Å². The lowest BCUT2D eigenvalue weighted by atomic mass is 10.3. The number of amides is 1. The molecule has 0 aliphatic rings. The molecule has 0 aliphatic carbocycles. The summed E-state index contributed by atoms with van der Waals surface area (Å²) in [4.78, 5) is 11.5. The van der Waals surface area contributed by atoms with Crippen LogP contribution in [0.25, 0.3) is 0 Å². The predicted octanol–water partition coefficient (Wildman–Crippen LogP) is 1.56. The van der Waals surface area contributed by atoms with Crippen molar-refractivity contribution >= 4 is 29.3 Å². The smallest absolute Gasteiger partial charge is 0.244 e. The quantitative estimate of drug-likeness (QED) is 0.361. The van der Waals surface area contributed by atoms with Gasteiger partial charge in [-0.2, -0.15) is 0 Å². The Labute approximate surface area is 89.8 Å². The number of benzene rings is 1. The van der Waals surface area contributed by atoms with Crippen molar-refractivity contribution in [2.24, 2.45) is 5.84 Å². The second-order valence-corrected chi connectivity index (χ2v) is 3.89. The Hall–Kier alpha value is -0.780. The third kappa shape index (κ3) is 3.17. The number of hydrazine groups is 1. The fraction of sp³-hybridized carbons (Fsp3) is 0.125. The molecule has 0 bridgehead atoms. The Morgan fingerprint density at radius 2 is 2.36 bits per heavy atom. The largest absolute Gasteiger partial charge is 0.294 e. The van der Waals surface area contributed by atoms with E-state index in [-0.39, 0.29) is 16.7 Å². The molecule has 0 heterocycles. The summed E-state index contributed by atoms with van der Waals surface area (Å²) in [5.74, 6) is 4.30. The van der Waals surface area contributed by atoms with Gasteiger partial charge in [0.15, 0.2) is 0 Å². The minimum atomic E-state index is -0.473. The van der Waals surface area contributed by atoms with Crippen molar-refractivity contribution < 1.29 is 9.18 Å². The first-order valence-corrected chi connectivity index (χ1v) is 5.07. The van der Waals surface area contributed by atoms with Gasteiger partial charge >= 0.3 is 0 Å². The van der Waals surface area contributed by atoms with Crippen LogP contribution in [-0.4, -0.2) is 11.7 Å². The van der Waals surface area contributed by atoms with Crippen LogP contribution in [0.2, 0.25) is 5.02 Å². The van der Waals surface area contributed by atoms with E-state index in [1.54, 1.807) is 6.07 Å². The molecule has 1 amide bonds. The van der Waals surface area contributed by atoms with Crippen LogP contribution in [0.15, 0.2) is 23.1 Å². The summed E-state index contributed by atoms with van der Waals surface area (Å²) in [6.45, 7) is 0. The van der Waals surface area contributed by atoms with E-state index in [4.69, 9.17) is 17.4 Å². The first-order chi connectivity index (χ1) is 6.63. The summed E-state index contributed by atoms with van der Waals surface area (Å²) < 4.78 is 12.7. The molecule has 1 rings (SSSR count). The second kappa shape index (κ2) is 5.19. The van der Waals surface area contributed by atoms with Crippen LogP contribution in [-0.2, 0) is 4.79 Å². The summed E-state index contributed by atoms with van der Waals surface area (Å²) in [7, 11) is 0. The van der Waals surface area contributed by atoms with Gasteiger partial charge in [0.25, 0.3) is 0 Å². The Balaban J connectivity index is 2.60. The second-order valence-electron chi connectivity index (χ2n) is 2.43. The molecule has 0 radical (unpaired) electrons. The van der Waals surface area contributed by atoms with Crippen molar-refractivity contribution in [1.29, 1.82) is 0 Å². The molecular weight excluding hydrogens is 227 g/mol. The van der Waals surface area contributed by atoms with Crippen LogP contribution in [0.4, 0.5) is 4.39 Å². The van der Waals surface area contributed by atoms with Crippen LogP contribution in [0, 0.1) is 5.82 Å². The van der Waals surface area contributed by atoms with E-state index in [1.165, 1.54) is 23.9 Å². The summed E-state index contributed by atoms with van der Waals surface area (Å²) in [6, 6.07) is 4.27. The number of nitrogens with one attached hydrogen (secondary N) is 1. The number of carbonyl (C=O) groups is 1. The molecule has 3 N–H and O–H groups in total. The molecule has 0 saturated carbocycles.